The molecule has 1 aromatic rings. The fraction of sp³-hybridized carbons (Fsp3) is 0.500. The maximum Gasteiger partial charge on any atom is 0.146 e. The first kappa shape index (κ1) is 12.8. The van der Waals surface area contributed by atoms with Crippen LogP contribution in [0.1, 0.15) is 13.3 Å². The summed E-state index contributed by atoms with van der Waals surface area (Å²) in [5, 5.41) is 8.86. The second-order valence-electron chi connectivity index (χ2n) is 4.89. The number of para-hydroxylation sites is 1. The molecule has 0 amide bonds. The molecule has 0 radical (unpaired) electrons. The molecule has 3 nitrogen and oxygen atoms in total. The molecule has 0 saturated carbocycles. The van der Waals surface area contributed by atoms with E-state index in [0.29, 0.717) is 24.7 Å². The van der Waals surface area contributed by atoms with Gasteiger partial charge in [0.25, 0.3) is 0 Å². The van der Waals surface area contributed by atoms with Crippen molar-refractivity contribution in [3.05, 3.63) is 30.1 Å². The molecule has 2 unspecified atom stereocenters. The van der Waals surface area contributed by atoms with Crippen LogP contribution in [0, 0.1) is 17.1 Å². The van der Waals surface area contributed by atoms with Gasteiger partial charge in [0.05, 0.1) is 18.2 Å². The van der Waals surface area contributed by atoms with Gasteiger partial charge in [-0.1, -0.05) is 12.1 Å². The molecule has 4 heteroatoms. The van der Waals surface area contributed by atoms with Gasteiger partial charge in [0, 0.05) is 25.2 Å². The van der Waals surface area contributed by atoms with E-state index < -0.39 is 0 Å². The van der Waals surface area contributed by atoms with Crippen LogP contribution in [0.5, 0.6) is 0 Å². The van der Waals surface area contributed by atoms with E-state index in [4.69, 9.17) is 5.26 Å². The summed E-state index contributed by atoms with van der Waals surface area (Å²) in [6.07, 6.45) is 0.478. The van der Waals surface area contributed by atoms with Gasteiger partial charge < -0.3 is 4.90 Å². The van der Waals surface area contributed by atoms with Gasteiger partial charge in [-0.25, -0.2) is 4.39 Å². The number of hydrogen-bond donors (Lipinski definition) is 0. The molecule has 2 rings (SSSR count). The minimum absolute atomic E-state index is 0.165. The molecule has 0 spiro atoms. The fourth-order valence-corrected chi connectivity index (χ4v) is 2.48. The lowest BCUT2D eigenvalue weighted by Gasteiger charge is -2.44. The SMILES string of the molecule is CC1CN(c2ccccc2F)CC(CC#N)N1C. The summed E-state index contributed by atoms with van der Waals surface area (Å²) >= 11 is 0. The molecule has 18 heavy (non-hydrogen) atoms. The molecule has 1 fully saturated rings. The highest BCUT2D eigenvalue weighted by molar-refractivity contribution is 5.48. The smallest absolute Gasteiger partial charge is 0.146 e. The maximum atomic E-state index is 13.8. The number of nitrogens with zero attached hydrogens (tertiary/aromatic N) is 3. The van der Waals surface area contributed by atoms with Crippen LogP contribution in [0.15, 0.2) is 24.3 Å². The van der Waals surface area contributed by atoms with Crippen LogP contribution in [0.25, 0.3) is 0 Å². The number of benzene rings is 1. The molecule has 1 aliphatic rings. The van der Waals surface area contributed by atoms with Crippen molar-refractivity contribution in [2.45, 2.75) is 25.4 Å². The number of piperazine rings is 1. The summed E-state index contributed by atoms with van der Waals surface area (Å²) in [7, 11) is 2.03. The normalized spacial score (nSPS) is 24.9. The molecule has 1 aromatic carbocycles. The minimum atomic E-state index is -0.190. The Hall–Kier alpha value is -1.60. The molecule has 0 bridgehead atoms. The zero-order chi connectivity index (χ0) is 13.1. The van der Waals surface area contributed by atoms with E-state index in [1.165, 1.54) is 6.07 Å². The second-order valence-corrected chi connectivity index (χ2v) is 4.89. The highest BCUT2D eigenvalue weighted by Crippen LogP contribution is 2.24. The largest absolute Gasteiger partial charge is 0.366 e. The highest BCUT2D eigenvalue weighted by Gasteiger charge is 2.30. The molecule has 1 heterocycles. The van der Waals surface area contributed by atoms with E-state index in [-0.39, 0.29) is 11.9 Å². The van der Waals surface area contributed by atoms with E-state index in [9.17, 15) is 4.39 Å². The fourth-order valence-electron chi connectivity index (χ4n) is 2.48. The Kier molecular flexibility index (Phi) is 3.83. The van der Waals surface area contributed by atoms with Crippen molar-refractivity contribution in [2.75, 3.05) is 25.0 Å². The molecule has 0 N–H and O–H groups in total. The number of likely N-dealkylation sites (N-methyl/N-ethyl adjacent to an activating group) is 1. The van der Waals surface area contributed by atoms with E-state index >= 15 is 0 Å². The molecule has 96 valence electrons. The summed E-state index contributed by atoms with van der Waals surface area (Å²) in [6.45, 7) is 3.60. The van der Waals surface area contributed by atoms with Gasteiger partial charge in [-0.3, -0.25) is 4.90 Å². The number of anilines is 1. The first-order valence-corrected chi connectivity index (χ1v) is 6.22. The predicted octanol–water partition coefficient (Wildman–Crippen LogP) is 2.25. The monoisotopic (exact) mass is 247 g/mol. The number of nitriles is 1. The van der Waals surface area contributed by atoms with Gasteiger partial charge in [0.2, 0.25) is 0 Å². The van der Waals surface area contributed by atoms with Crippen molar-refractivity contribution < 1.29 is 4.39 Å². The average molecular weight is 247 g/mol. The van der Waals surface area contributed by atoms with Crippen LogP contribution in [-0.2, 0) is 0 Å². The summed E-state index contributed by atoms with van der Waals surface area (Å²) in [6, 6.07) is 9.53. The third kappa shape index (κ3) is 2.46. The van der Waals surface area contributed by atoms with Crippen molar-refractivity contribution in [3.63, 3.8) is 0 Å². The summed E-state index contributed by atoms with van der Waals surface area (Å²) in [4.78, 5) is 4.25. The lowest BCUT2D eigenvalue weighted by atomic mass is 10.0. The predicted molar refractivity (Wildman–Crippen MR) is 69.9 cm³/mol. The average Bonchev–Trinajstić information content (AvgIpc) is 2.35. The van der Waals surface area contributed by atoms with Crippen LogP contribution in [0.2, 0.25) is 0 Å². The van der Waals surface area contributed by atoms with Crippen molar-refractivity contribution in [3.8, 4) is 6.07 Å². The van der Waals surface area contributed by atoms with Gasteiger partial charge in [0.15, 0.2) is 0 Å². The summed E-state index contributed by atoms with van der Waals surface area (Å²) in [5.41, 5.74) is 0.639. The zero-order valence-corrected chi connectivity index (χ0v) is 10.8. The first-order chi connectivity index (χ1) is 8.63. The van der Waals surface area contributed by atoms with Crippen molar-refractivity contribution in [1.82, 2.24) is 4.90 Å². The molecule has 0 aromatic heterocycles. The topological polar surface area (TPSA) is 30.3 Å². The number of halogens is 1. The van der Waals surface area contributed by atoms with Gasteiger partial charge in [0.1, 0.15) is 5.82 Å². The third-order valence-electron chi connectivity index (χ3n) is 3.71. The molecular formula is C14H18FN3. The van der Waals surface area contributed by atoms with E-state index in [2.05, 4.69) is 17.9 Å². The van der Waals surface area contributed by atoms with E-state index in [1.54, 1.807) is 12.1 Å². The standard InChI is InChI=1S/C14H18FN3/c1-11-9-18(10-12(7-8-16)17(11)2)14-6-4-3-5-13(14)15/h3-6,11-12H,7,9-10H2,1-2H3. The Bertz CT molecular complexity index is 455. The third-order valence-corrected chi connectivity index (χ3v) is 3.71. The second kappa shape index (κ2) is 5.36. The Morgan fingerprint density at radius 3 is 2.78 bits per heavy atom. The quantitative estimate of drug-likeness (QED) is 0.803. The van der Waals surface area contributed by atoms with E-state index in [0.717, 1.165) is 6.54 Å². The Balaban J connectivity index is 2.20. The van der Waals surface area contributed by atoms with Crippen molar-refractivity contribution in [2.24, 2.45) is 0 Å². The highest BCUT2D eigenvalue weighted by atomic mass is 19.1. The maximum absolute atomic E-state index is 13.8. The molecule has 2 atom stereocenters. The lowest BCUT2D eigenvalue weighted by molar-refractivity contribution is 0.160. The summed E-state index contributed by atoms with van der Waals surface area (Å²) in [5.74, 6) is -0.190. The van der Waals surface area contributed by atoms with Gasteiger partial charge in [-0.05, 0) is 26.1 Å². The van der Waals surface area contributed by atoms with Crippen molar-refractivity contribution in [1.29, 1.82) is 5.26 Å². The van der Waals surface area contributed by atoms with Crippen LogP contribution in [-0.4, -0.2) is 37.1 Å². The Labute approximate surface area is 107 Å². The van der Waals surface area contributed by atoms with Gasteiger partial charge in [-0.2, -0.15) is 5.26 Å². The minimum Gasteiger partial charge on any atom is -0.366 e. The Morgan fingerprint density at radius 2 is 2.11 bits per heavy atom. The first-order valence-electron chi connectivity index (χ1n) is 6.22. The molecule has 1 aliphatic heterocycles. The van der Waals surface area contributed by atoms with Gasteiger partial charge >= 0.3 is 0 Å². The Morgan fingerprint density at radius 1 is 1.39 bits per heavy atom. The number of rotatable bonds is 2. The van der Waals surface area contributed by atoms with Crippen LogP contribution in [0.4, 0.5) is 10.1 Å². The van der Waals surface area contributed by atoms with Crippen molar-refractivity contribution >= 4 is 5.69 Å². The van der Waals surface area contributed by atoms with Crippen LogP contribution < -0.4 is 4.90 Å². The molecular weight excluding hydrogens is 229 g/mol. The number of hydrogen-bond acceptors (Lipinski definition) is 3. The van der Waals surface area contributed by atoms with Crippen LogP contribution >= 0.6 is 0 Å². The van der Waals surface area contributed by atoms with Gasteiger partial charge in [-0.15, -0.1) is 0 Å². The van der Waals surface area contributed by atoms with Crippen LogP contribution in [0.3, 0.4) is 0 Å². The van der Waals surface area contributed by atoms with E-state index in [1.807, 2.05) is 18.0 Å². The summed E-state index contributed by atoms with van der Waals surface area (Å²) < 4.78 is 13.8. The zero-order valence-electron chi connectivity index (χ0n) is 10.8. The molecule has 1 saturated heterocycles. The molecule has 0 aliphatic carbocycles. The lowest BCUT2D eigenvalue weighted by Crippen LogP contribution is -2.56.